The maximum Gasteiger partial charge on any atom is 0.312 e. The number of hydrogen-bond donors (Lipinski definition) is 1. The predicted octanol–water partition coefficient (Wildman–Crippen LogP) is 11.0. The van der Waals surface area contributed by atoms with Crippen LogP contribution in [-0.2, 0) is 9.53 Å². The monoisotopic (exact) mass is 658 g/mol. The number of fused-ring (bicyclic) bond motifs is 11. The molecule has 1 N–H and O–H groups in total. The van der Waals surface area contributed by atoms with Crippen molar-refractivity contribution in [3.8, 4) is 0 Å². The van der Waals surface area contributed by atoms with Gasteiger partial charge in [-0.05, 0) is 154 Å². The summed E-state index contributed by atoms with van der Waals surface area (Å²) in [4.78, 5) is 13.7. The van der Waals surface area contributed by atoms with Crippen molar-refractivity contribution < 1.29 is 14.6 Å². The molecule has 11 atom stereocenters. The average molecular weight is 659 g/mol. The van der Waals surface area contributed by atoms with Gasteiger partial charge in [-0.1, -0.05) is 102 Å². The Kier molecular flexibility index (Phi) is 6.74. The van der Waals surface area contributed by atoms with E-state index >= 15 is 0 Å². The van der Waals surface area contributed by atoms with E-state index in [1.807, 2.05) is 0 Å². The smallest absolute Gasteiger partial charge is 0.312 e. The van der Waals surface area contributed by atoms with Crippen LogP contribution in [0.3, 0.4) is 0 Å². The van der Waals surface area contributed by atoms with Crippen molar-refractivity contribution in [3.63, 3.8) is 0 Å². The van der Waals surface area contributed by atoms with Gasteiger partial charge in [0, 0.05) is 0 Å². The molecular formula is C46H58O3. The van der Waals surface area contributed by atoms with Crippen molar-refractivity contribution in [2.75, 3.05) is 7.11 Å². The van der Waals surface area contributed by atoms with Crippen LogP contribution in [0, 0.1) is 56.2 Å². The van der Waals surface area contributed by atoms with Gasteiger partial charge in [-0.2, -0.15) is 0 Å². The van der Waals surface area contributed by atoms with Gasteiger partial charge in [-0.25, -0.2) is 0 Å². The third-order valence-corrected chi connectivity index (χ3v) is 17.4. The molecule has 0 heterocycles. The Balaban J connectivity index is 1.09. The topological polar surface area (TPSA) is 46.5 Å². The highest BCUT2D eigenvalue weighted by Crippen LogP contribution is 2.79. The molecule has 0 radical (unpaired) electrons. The number of ether oxygens (including phenoxy) is 1. The molecular weight excluding hydrogens is 601 g/mol. The van der Waals surface area contributed by atoms with Crippen molar-refractivity contribution in [1.29, 1.82) is 0 Å². The molecule has 0 aliphatic heterocycles. The zero-order valence-corrected chi connectivity index (χ0v) is 31.1. The zero-order chi connectivity index (χ0) is 34.4. The second-order valence-electron chi connectivity index (χ2n) is 19.7. The largest absolute Gasteiger partial charge is 0.469 e. The minimum Gasteiger partial charge on any atom is -0.469 e. The van der Waals surface area contributed by atoms with E-state index in [2.05, 4.69) is 102 Å². The SMILES string of the molecule is COC(=O)[C@]12CCC(C)(C)C[C@H]1C1=CC[C@@H]3[C@@]4(C)C[C@@H](O)[C@@H]5C(c6c7ccccc7cc7ccccc67)C[C@@]5(C)[C@@H]4CC[C@@]3(C)[C@]1(C)CC2. The molecule has 0 saturated heterocycles. The Labute approximate surface area is 294 Å². The number of hydrogen-bond acceptors (Lipinski definition) is 3. The molecule has 6 aliphatic carbocycles. The first-order valence-electron chi connectivity index (χ1n) is 19.6. The van der Waals surface area contributed by atoms with Crippen molar-refractivity contribution in [1.82, 2.24) is 0 Å². The summed E-state index contributed by atoms with van der Waals surface area (Å²) in [5.74, 6) is 2.10. The molecule has 9 rings (SSSR count). The number of carbonyl (C=O) groups is 1. The van der Waals surface area contributed by atoms with E-state index in [-0.39, 0.29) is 56.4 Å². The first kappa shape index (κ1) is 32.3. The second kappa shape index (κ2) is 10.2. The van der Waals surface area contributed by atoms with E-state index in [1.165, 1.54) is 39.9 Å². The molecule has 6 aliphatic rings. The van der Waals surface area contributed by atoms with Crippen LogP contribution >= 0.6 is 0 Å². The standard InChI is InChI=1S/C46H58O3/c1-41(2)20-22-46(40(48)49-7)23-21-44(5)33(34(46)26-41)16-17-37-42(3)27-35(47)39-32(25-43(39,4)36(42)18-19-45(37,44)6)38-30-14-10-8-12-28(30)24-29-13-9-11-15-31(29)38/h8-16,24,32,34-37,39,47H,17-23,25-27H2,1-7H3/t32?,34-,35+,36+,37+,39-,42-,43-,44+,45+,46-/m0/s1. The maximum atomic E-state index is 13.7. The number of methoxy groups -OCH3 is 1. The van der Waals surface area contributed by atoms with Gasteiger partial charge in [0.1, 0.15) is 0 Å². The summed E-state index contributed by atoms with van der Waals surface area (Å²) in [6.07, 6.45) is 13.1. The summed E-state index contributed by atoms with van der Waals surface area (Å²) in [5.41, 5.74) is 3.34. The Morgan fingerprint density at radius 2 is 1.43 bits per heavy atom. The summed E-state index contributed by atoms with van der Waals surface area (Å²) in [6.45, 7) is 15.2. The normalized spacial score (nSPS) is 45.1. The summed E-state index contributed by atoms with van der Waals surface area (Å²) >= 11 is 0. The minimum absolute atomic E-state index is 0.0341. The molecule has 3 nitrogen and oxygen atoms in total. The zero-order valence-electron chi connectivity index (χ0n) is 31.1. The van der Waals surface area contributed by atoms with E-state index in [9.17, 15) is 9.90 Å². The van der Waals surface area contributed by atoms with Gasteiger partial charge in [-0.15, -0.1) is 0 Å². The Bertz CT molecular complexity index is 1850. The van der Waals surface area contributed by atoms with E-state index in [4.69, 9.17) is 4.74 Å². The maximum absolute atomic E-state index is 13.7. The lowest BCUT2D eigenvalue weighted by Crippen LogP contribution is -2.69. The fraction of sp³-hybridized carbons (Fsp3) is 0.630. The highest BCUT2D eigenvalue weighted by molar-refractivity contribution is 6.03. The molecule has 5 saturated carbocycles. The molecule has 3 aromatic carbocycles. The van der Waals surface area contributed by atoms with Gasteiger partial charge in [0.25, 0.3) is 0 Å². The number of esters is 1. The van der Waals surface area contributed by atoms with E-state index in [1.54, 1.807) is 12.7 Å². The molecule has 3 aromatic rings. The second-order valence-corrected chi connectivity index (χ2v) is 19.7. The van der Waals surface area contributed by atoms with Gasteiger partial charge in [0.15, 0.2) is 0 Å². The van der Waals surface area contributed by atoms with Crippen molar-refractivity contribution in [2.24, 2.45) is 56.2 Å². The quantitative estimate of drug-likeness (QED) is 0.169. The lowest BCUT2D eigenvalue weighted by atomic mass is 9.30. The van der Waals surface area contributed by atoms with Gasteiger partial charge in [-0.3, -0.25) is 4.79 Å². The molecule has 0 aromatic heterocycles. The van der Waals surface area contributed by atoms with Crippen LogP contribution in [0.15, 0.2) is 66.2 Å². The van der Waals surface area contributed by atoms with Crippen LogP contribution in [0.5, 0.6) is 0 Å². The van der Waals surface area contributed by atoms with E-state index in [0.29, 0.717) is 17.8 Å². The first-order chi connectivity index (χ1) is 23.2. The number of benzene rings is 3. The number of carbonyl (C=O) groups excluding carboxylic acids is 1. The molecule has 49 heavy (non-hydrogen) atoms. The van der Waals surface area contributed by atoms with Gasteiger partial charge < -0.3 is 9.84 Å². The minimum atomic E-state index is -0.367. The number of aliphatic hydroxyl groups excluding tert-OH is 1. The summed E-state index contributed by atoms with van der Waals surface area (Å²) in [7, 11) is 1.60. The van der Waals surface area contributed by atoms with E-state index in [0.717, 1.165) is 51.4 Å². The number of aliphatic hydroxyl groups is 1. The van der Waals surface area contributed by atoms with E-state index < -0.39 is 0 Å². The summed E-state index contributed by atoms with van der Waals surface area (Å²) in [5, 5.41) is 17.9. The Morgan fingerprint density at radius 3 is 2.10 bits per heavy atom. The highest BCUT2D eigenvalue weighted by atomic mass is 16.5. The fourth-order valence-corrected chi connectivity index (χ4v) is 15.0. The first-order valence-corrected chi connectivity index (χ1v) is 19.6. The van der Waals surface area contributed by atoms with Crippen LogP contribution in [0.4, 0.5) is 0 Å². The van der Waals surface area contributed by atoms with Crippen LogP contribution in [0.1, 0.15) is 117 Å². The molecule has 1 unspecified atom stereocenters. The fourth-order valence-electron chi connectivity index (χ4n) is 15.0. The van der Waals surface area contributed by atoms with Crippen LogP contribution in [-0.4, -0.2) is 24.3 Å². The lowest BCUT2D eigenvalue weighted by Gasteiger charge is -2.75. The van der Waals surface area contributed by atoms with Gasteiger partial charge in [0.05, 0.1) is 18.6 Å². The molecule has 260 valence electrons. The highest BCUT2D eigenvalue weighted by Gasteiger charge is 2.73. The third-order valence-electron chi connectivity index (χ3n) is 17.4. The molecule has 0 amide bonds. The molecule has 3 heteroatoms. The van der Waals surface area contributed by atoms with Crippen molar-refractivity contribution in [2.45, 2.75) is 118 Å². The van der Waals surface area contributed by atoms with Crippen molar-refractivity contribution >= 4 is 27.5 Å². The molecule has 0 spiro atoms. The molecule has 5 fully saturated rings. The van der Waals surface area contributed by atoms with Crippen molar-refractivity contribution in [3.05, 3.63) is 71.8 Å². The Morgan fingerprint density at radius 1 is 0.776 bits per heavy atom. The van der Waals surface area contributed by atoms with Crippen LogP contribution in [0.2, 0.25) is 0 Å². The Hall–Kier alpha value is -2.65. The van der Waals surface area contributed by atoms with Gasteiger partial charge >= 0.3 is 5.97 Å². The number of rotatable bonds is 2. The van der Waals surface area contributed by atoms with Crippen LogP contribution in [0.25, 0.3) is 21.5 Å². The third kappa shape index (κ3) is 3.98. The van der Waals surface area contributed by atoms with Gasteiger partial charge in [0.2, 0.25) is 0 Å². The predicted molar refractivity (Wildman–Crippen MR) is 199 cm³/mol. The number of allylic oxidation sites excluding steroid dienone is 2. The lowest BCUT2D eigenvalue weighted by molar-refractivity contribution is -0.254. The summed E-state index contributed by atoms with van der Waals surface area (Å²) < 4.78 is 5.59. The average Bonchev–Trinajstić information content (AvgIpc) is 3.05. The van der Waals surface area contributed by atoms with Crippen LogP contribution < -0.4 is 0 Å². The summed E-state index contributed by atoms with van der Waals surface area (Å²) in [6, 6.07) is 20.2. The molecule has 0 bridgehead atoms.